The third-order valence-electron chi connectivity index (χ3n) is 3.62. The van der Waals surface area contributed by atoms with Gasteiger partial charge in [-0.15, -0.1) is 0 Å². The molecule has 3 rings (SSSR count). The van der Waals surface area contributed by atoms with Gasteiger partial charge in [0.15, 0.2) is 0 Å². The Kier molecular flexibility index (Phi) is 3.92. The van der Waals surface area contributed by atoms with Crippen molar-refractivity contribution in [3.05, 3.63) is 60.2 Å². The Labute approximate surface area is 118 Å². The van der Waals surface area contributed by atoms with Gasteiger partial charge in [0.05, 0.1) is 11.9 Å². The minimum absolute atomic E-state index is 0.408. The lowest BCUT2D eigenvalue weighted by Gasteiger charge is -2.17. The first-order valence-electron chi connectivity index (χ1n) is 6.94. The van der Waals surface area contributed by atoms with E-state index in [1.807, 2.05) is 6.07 Å². The van der Waals surface area contributed by atoms with Crippen molar-refractivity contribution in [1.29, 1.82) is 0 Å². The molecule has 1 saturated heterocycles. The van der Waals surface area contributed by atoms with E-state index < -0.39 is 5.95 Å². The highest BCUT2D eigenvalue weighted by Gasteiger charge is 2.22. The van der Waals surface area contributed by atoms with Crippen molar-refractivity contribution in [2.75, 3.05) is 18.4 Å². The fourth-order valence-corrected chi connectivity index (χ4v) is 2.63. The van der Waals surface area contributed by atoms with E-state index in [9.17, 15) is 4.39 Å². The van der Waals surface area contributed by atoms with Gasteiger partial charge in [-0.3, -0.25) is 4.90 Å². The fraction of sp³-hybridized carbons (Fsp3) is 0.312. The first-order valence-corrected chi connectivity index (χ1v) is 6.94. The van der Waals surface area contributed by atoms with Gasteiger partial charge in [-0.1, -0.05) is 30.3 Å². The van der Waals surface area contributed by atoms with Crippen LogP contribution < -0.4 is 5.32 Å². The molecule has 0 aliphatic carbocycles. The number of benzene rings is 1. The van der Waals surface area contributed by atoms with Crippen LogP contribution in [0.25, 0.3) is 0 Å². The quantitative estimate of drug-likeness (QED) is 0.867. The van der Waals surface area contributed by atoms with Crippen molar-refractivity contribution in [3.8, 4) is 0 Å². The molecule has 20 heavy (non-hydrogen) atoms. The monoisotopic (exact) mass is 271 g/mol. The summed E-state index contributed by atoms with van der Waals surface area (Å²) in [5.74, 6) is -0.437. The molecule has 104 valence electrons. The summed E-state index contributed by atoms with van der Waals surface area (Å²) in [5, 5.41) is 3.41. The molecule has 1 aromatic carbocycles. The number of rotatable bonds is 4. The minimum Gasteiger partial charge on any atom is -0.380 e. The Balaban J connectivity index is 1.53. The van der Waals surface area contributed by atoms with Crippen LogP contribution in [0.15, 0.2) is 48.7 Å². The van der Waals surface area contributed by atoms with E-state index in [-0.39, 0.29) is 0 Å². The first kappa shape index (κ1) is 13.1. The van der Waals surface area contributed by atoms with Crippen LogP contribution in [-0.2, 0) is 6.54 Å². The second-order valence-corrected chi connectivity index (χ2v) is 5.22. The lowest BCUT2D eigenvalue weighted by atomic mass is 10.2. The highest BCUT2D eigenvalue weighted by Crippen LogP contribution is 2.17. The summed E-state index contributed by atoms with van der Waals surface area (Å²) in [6.45, 7) is 3.08. The predicted octanol–water partition coefficient (Wildman–Crippen LogP) is 2.91. The van der Waals surface area contributed by atoms with Gasteiger partial charge in [-0.05, 0) is 24.1 Å². The topological polar surface area (TPSA) is 28.2 Å². The molecule has 0 amide bonds. The third kappa shape index (κ3) is 3.33. The highest BCUT2D eigenvalue weighted by atomic mass is 19.1. The summed E-state index contributed by atoms with van der Waals surface area (Å²) in [6, 6.07) is 14.0. The van der Waals surface area contributed by atoms with Gasteiger partial charge < -0.3 is 5.32 Å². The summed E-state index contributed by atoms with van der Waals surface area (Å²) in [6.07, 6.45) is 2.65. The van der Waals surface area contributed by atoms with Gasteiger partial charge in [0, 0.05) is 25.7 Å². The average Bonchev–Trinajstić information content (AvgIpc) is 2.90. The van der Waals surface area contributed by atoms with Crippen LogP contribution in [0.3, 0.4) is 0 Å². The number of anilines is 1. The Morgan fingerprint density at radius 2 is 2.05 bits per heavy atom. The molecule has 2 heterocycles. The van der Waals surface area contributed by atoms with E-state index >= 15 is 0 Å². The Morgan fingerprint density at radius 1 is 1.20 bits per heavy atom. The molecule has 0 radical (unpaired) electrons. The number of hydrogen-bond acceptors (Lipinski definition) is 3. The van der Waals surface area contributed by atoms with Crippen molar-refractivity contribution in [2.24, 2.45) is 0 Å². The molecule has 1 unspecified atom stereocenters. The Morgan fingerprint density at radius 3 is 2.80 bits per heavy atom. The average molecular weight is 271 g/mol. The molecule has 1 aliphatic rings. The van der Waals surface area contributed by atoms with E-state index in [1.165, 1.54) is 11.6 Å². The molecule has 2 aromatic rings. The molecule has 4 heteroatoms. The van der Waals surface area contributed by atoms with E-state index in [2.05, 4.69) is 39.5 Å². The first-order chi connectivity index (χ1) is 9.79. The molecule has 1 atom stereocenters. The largest absolute Gasteiger partial charge is 0.380 e. The van der Waals surface area contributed by atoms with Crippen LogP contribution in [0.4, 0.5) is 10.1 Å². The van der Waals surface area contributed by atoms with Crippen LogP contribution in [0, 0.1) is 5.95 Å². The number of likely N-dealkylation sites (tertiary alicyclic amines) is 1. The summed E-state index contributed by atoms with van der Waals surface area (Å²) < 4.78 is 12.8. The number of pyridine rings is 1. The molecular formula is C16H18FN3. The second-order valence-electron chi connectivity index (χ2n) is 5.22. The smallest absolute Gasteiger partial charge is 0.212 e. The standard InChI is InChI=1S/C16H18FN3/c17-16-7-6-14(10-18-16)19-15-8-9-20(12-15)11-13-4-2-1-3-5-13/h1-7,10,15,19H,8-9,11-12H2. The van der Waals surface area contributed by atoms with Gasteiger partial charge in [-0.25, -0.2) is 4.98 Å². The maximum atomic E-state index is 12.8. The van der Waals surface area contributed by atoms with Gasteiger partial charge in [-0.2, -0.15) is 4.39 Å². The molecule has 0 bridgehead atoms. The molecule has 0 spiro atoms. The molecule has 0 saturated carbocycles. The lowest BCUT2D eigenvalue weighted by molar-refractivity contribution is 0.328. The maximum Gasteiger partial charge on any atom is 0.212 e. The van der Waals surface area contributed by atoms with Crippen LogP contribution in [0.5, 0.6) is 0 Å². The molecule has 3 nitrogen and oxygen atoms in total. The summed E-state index contributed by atoms with van der Waals surface area (Å²) in [7, 11) is 0. The zero-order chi connectivity index (χ0) is 13.8. The number of hydrogen-bond donors (Lipinski definition) is 1. The SMILES string of the molecule is Fc1ccc(NC2CCN(Cc3ccccc3)C2)cn1. The molecule has 1 fully saturated rings. The summed E-state index contributed by atoms with van der Waals surface area (Å²) in [5.41, 5.74) is 2.23. The van der Waals surface area contributed by atoms with Crippen molar-refractivity contribution in [2.45, 2.75) is 19.0 Å². The second kappa shape index (κ2) is 6.01. The van der Waals surface area contributed by atoms with Crippen LogP contribution in [0.2, 0.25) is 0 Å². The Bertz CT molecular complexity index is 541. The molecular weight excluding hydrogens is 253 g/mol. The number of aromatic nitrogens is 1. The van der Waals surface area contributed by atoms with Crippen LogP contribution in [-0.4, -0.2) is 29.0 Å². The third-order valence-corrected chi connectivity index (χ3v) is 3.62. The van der Waals surface area contributed by atoms with E-state index in [1.54, 1.807) is 12.3 Å². The van der Waals surface area contributed by atoms with Crippen LogP contribution >= 0.6 is 0 Å². The Hall–Kier alpha value is -1.94. The lowest BCUT2D eigenvalue weighted by Crippen LogP contribution is -2.26. The van der Waals surface area contributed by atoms with Crippen molar-refractivity contribution in [1.82, 2.24) is 9.88 Å². The fourth-order valence-electron chi connectivity index (χ4n) is 2.63. The van der Waals surface area contributed by atoms with Crippen molar-refractivity contribution >= 4 is 5.69 Å². The van der Waals surface area contributed by atoms with Crippen LogP contribution in [0.1, 0.15) is 12.0 Å². The number of nitrogens with one attached hydrogen (secondary N) is 1. The van der Waals surface area contributed by atoms with E-state index in [0.29, 0.717) is 6.04 Å². The molecule has 1 aliphatic heterocycles. The zero-order valence-corrected chi connectivity index (χ0v) is 11.3. The predicted molar refractivity (Wildman–Crippen MR) is 77.9 cm³/mol. The normalized spacial score (nSPS) is 19.1. The number of halogens is 1. The minimum atomic E-state index is -0.437. The maximum absolute atomic E-state index is 12.8. The van der Waals surface area contributed by atoms with Gasteiger partial charge in [0.2, 0.25) is 5.95 Å². The van der Waals surface area contributed by atoms with Crippen molar-refractivity contribution in [3.63, 3.8) is 0 Å². The van der Waals surface area contributed by atoms with E-state index in [0.717, 1.165) is 31.7 Å². The summed E-state index contributed by atoms with van der Waals surface area (Å²) in [4.78, 5) is 6.10. The summed E-state index contributed by atoms with van der Waals surface area (Å²) >= 11 is 0. The zero-order valence-electron chi connectivity index (χ0n) is 11.3. The van der Waals surface area contributed by atoms with Gasteiger partial charge in [0.1, 0.15) is 0 Å². The van der Waals surface area contributed by atoms with Gasteiger partial charge >= 0.3 is 0 Å². The molecule has 1 aromatic heterocycles. The highest BCUT2D eigenvalue weighted by molar-refractivity contribution is 5.41. The van der Waals surface area contributed by atoms with Gasteiger partial charge in [0.25, 0.3) is 0 Å². The molecule has 1 N–H and O–H groups in total. The van der Waals surface area contributed by atoms with Crippen molar-refractivity contribution < 1.29 is 4.39 Å². The number of nitrogens with zero attached hydrogens (tertiary/aromatic N) is 2. The van der Waals surface area contributed by atoms with E-state index in [4.69, 9.17) is 0 Å².